The van der Waals surface area contributed by atoms with Crippen LogP contribution in [0.3, 0.4) is 0 Å². The van der Waals surface area contributed by atoms with Crippen molar-refractivity contribution in [3.05, 3.63) is 47.9 Å². The van der Waals surface area contributed by atoms with Gasteiger partial charge < -0.3 is 14.8 Å². The molecule has 0 radical (unpaired) electrons. The van der Waals surface area contributed by atoms with Crippen LogP contribution in [0.4, 0.5) is 5.82 Å². The van der Waals surface area contributed by atoms with Gasteiger partial charge in [0.15, 0.2) is 5.82 Å². The van der Waals surface area contributed by atoms with E-state index in [1.807, 2.05) is 37.4 Å². The third-order valence-electron chi connectivity index (χ3n) is 3.65. The van der Waals surface area contributed by atoms with Gasteiger partial charge in [-0.3, -0.25) is 14.9 Å². The molecule has 24 heavy (non-hydrogen) atoms. The van der Waals surface area contributed by atoms with Crippen LogP contribution in [0.15, 0.2) is 41.1 Å². The van der Waals surface area contributed by atoms with E-state index >= 15 is 0 Å². The zero-order valence-electron chi connectivity index (χ0n) is 13.4. The highest BCUT2D eigenvalue weighted by molar-refractivity contribution is 6.39. The summed E-state index contributed by atoms with van der Waals surface area (Å²) in [7, 11) is 0. The highest BCUT2D eigenvalue weighted by Gasteiger charge is 2.18. The first-order chi connectivity index (χ1) is 11.5. The second-order valence-electron chi connectivity index (χ2n) is 5.72. The van der Waals surface area contributed by atoms with Crippen molar-refractivity contribution in [2.45, 2.75) is 26.3 Å². The summed E-state index contributed by atoms with van der Waals surface area (Å²) in [5.41, 5.74) is 2.14. The molecule has 3 N–H and O–H groups in total. The molecule has 0 unspecified atom stereocenters. The van der Waals surface area contributed by atoms with Crippen LogP contribution in [0, 0.1) is 6.92 Å². The van der Waals surface area contributed by atoms with Crippen molar-refractivity contribution in [2.75, 3.05) is 5.32 Å². The lowest BCUT2D eigenvalue weighted by Crippen LogP contribution is -2.41. The number of nitrogens with zero attached hydrogens (tertiary/aromatic N) is 1. The minimum atomic E-state index is -0.769. The van der Waals surface area contributed by atoms with Crippen molar-refractivity contribution in [1.29, 1.82) is 0 Å². The molecular formula is C17H18N4O3. The predicted molar refractivity (Wildman–Crippen MR) is 89.5 cm³/mol. The van der Waals surface area contributed by atoms with Crippen molar-refractivity contribution in [3.8, 4) is 0 Å². The van der Waals surface area contributed by atoms with Crippen LogP contribution in [-0.4, -0.2) is 28.0 Å². The van der Waals surface area contributed by atoms with Gasteiger partial charge in [-0.1, -0.05) is 23.4 Å². The number of carbonyl (C=O) groups is 2. The van der Waals surface area contributed by atoms with E-state index in [0.717, 1.165) is 16.5 Å². The molecule has 3 rings (SSSR count). The fourth-order valence-electron chi connectivity index (χ4n) is 2.57. The molecule has 0 fully saturated rings. The van der Waals surface area contributed by atoms with E-state index in [-0.39, 0.29) is 11.9 Å². The number of aromatic nitrogens is 2. The van der Waals surface area contributed by atoms with Gasteiger partial charge in [0.2, 0.25) is 0 Å². The number of nitrogens with one attached hydrogen (secondary N) is 3. The van der Waals surface area contributed by atoms with Gasteiger partial charge in [0.1, 0.15) is 5.76 Å². The number of amides is 2. The molecule has 0 aliphatic heterocycles. The number of H-pyrrole nitrogens is 1. The van der Waals surface area contributed by atoms with Gasteiger partial charge in [-0.2, -0.15) is 0 Å². The van der Waals surface area contributed by atoms with Gasteiger partial charge in [0, 0.05) is 29.2 Å². The van der Waals surface area contributed by atoms with Gasteiger partial charge in [-0.05, 0) is 31.9 Å². The lowest BCUT2D eigenvalue weighted by molar-refractivity contribution is -0.136. The minimum absolute atomic E-state index is 0.193. The Morgan fingerprint density at radius 1 is 1.29 bits per heavy atom. The average Bonchev–Trinajstić information content (AvgIpc) is 3.14. The number of hydrogen-bond acceptors (Lipinski definition) is 4. The Balaban J connectivity index is 1.58. The molecule has 124 valence electrons. The maximum atomic E-state index is 12.0. The van der Waals surface area contributed by atoms with Gasteiger partial charge in [0.05, 0.1) is 0 Å². The van der Waals surface area contributed by atoms with Crippen molar-refractivity contribution in [3.63, 3.8) is 0 Å². The Kier molecular flexibility index (Phi) is 4.33. The van der Waals surface area contributed by atoms with Crippen LogP contribution in [0.2, 0.25) is 0 Å². The van der Waals surface area contributed by atoms with Crippen molar-refractivity contribution >= 4 is 28.5 Å². The molecule has 1 aromatic carbocycles. The molecule has 0 aliphatic carbocycles. The topological polar surface area (TPSA) is 100 Å². The molecule has 0 saturated carbocycles. The SMILES string of the molecule is Cc1cc(NC(=O)C(=O)N[C@@H](C)Cc2c[nH]c3ccccc23)no1. The quantitative estimate of drug-likeness (QED) is 0.640. The molecule has 0 aliphatic rings. The molecule has 2 heterocycles. The molecule has 1 atom stereocenters. The molecule has 2 amide bonds. The van der Waals surface area contributed by atoms with Crippen LogP contribution < -0.4 is 10.6 Å². The first-order valence-electron chi connectivity index (χ1n) is 7.63. The van der Waals surface area contributed by atoms with E-state index in [2.05, 4.69) is 20.8 Å². The zero-order valence-corrected chi connectivity index (χ0v) is 13.4. The van der Waals surface area contributed by atoms with Crippen LogP contribution in [0.5, 0.6) is 0 Å². The molecular weight excluding hydrogens is 308 g/mol. The van der Waals surface area contributed by atoms with Crippen LogP contribution in [0.1, 0.15) is 18.2 Å². The zero-order chi connectivity index (χ0) is 17.1. The molecule has 3 aromatic rings. The highest BCUT2D eigenvalue weighted by Crippen LogP contribution is 2.19. The normalized spacial score (nSPS) is 12.1. The molecule has 7 heteroatoms. The molecule has 0 saturated heterocycles. The van der Waals surface area contributed by atoms with E-state index < -0.39 is 11.8 Å². The number of benzene rings is 1. The third-order valence-corrected chi connectivity index (χ3v) is 3.65. The minimum Gasteiger partial charge on any atom is -0.361 e. The fraction of sp³-hybridized carbons (Fsp3) is 0.235. The first kappa shape index (κ1) is 15.8. The smallest absolute Gasteiger partial charge is 0.314 e. The standard InChI is InChI=1S/C17H18N4O3/c1-10(7-12-9-18-14-6-4-3-5-13(12)14)19-16(22)17(23)20-15-8-11(2)24-21-15/h3-6,8-10,18H,7H2,1-2H3,(H,19,22)(H,20,21,23)/t10-/m0/s1. The summed E-state index contributed by atoms with van der Waals surface area (Å²) < 4.78 is 4.84. The van der Waals surface area contributed by atoms with E-state index in [1.54, 1.807) is 13.0 Å². The highest BCUT2D eigenvalue weighted by atomic mass is 16.5. The summed E-state index contributed by atoms with van der Waals surface area (Å²) in [6, 6.07) is 9.30. The predicted octanol–water partition coefficient (Wildman–Crippen LogP) is 2.15. The number of rotatable bonds is 4. The Morgan fingerprint density at radius 3 is 2.83 bits per heavy atom. The fourth-order valence-corrected chi connectivity index (χ4v) is 2.57. The second kappa shape index (κ2) is 6.57. The van der Waals surface area contributed by atoms with Crippen molar-refractivity contribution < 1.29 is 14.1 Å². The van der Waals surface area contributed by atoms with Crippen LogP contribution in [-0.2, 0) is 16.0 Å². The van der Waals surface area contributed by atoms with Crippen LogP contribution in [0.25, 0.3) is 10.9 Å². The molecule has 2 aromatic heterocycles. The largest absolute Gasteiger partial charge is 0.361 e. The number of carbonyl (C=O) groups excluding carboxylic acids is 2. The van der Waals surface area contributed by atoms with Crippen molar-refractivity contribution in [2.24, 2.45) is 0 Å². The summed E-state index contributed by atoms with van der Waals surface area (Å²) in [6.07, 6.45) is 2.54. The summed E-state index contributed by atoms with van der Waals surface area (Å²) in [5.74, 6) is -0.701. The number of aromatic amines is 1. The van der Waals surface area contributed by atoms with E-state index in [1.165, 1.54) is 0 Å². The first-order valence-corrected chi connectivity index (χ1v) is 7.63. The maximum Gasteiger partial charge on any atom is 0.314 e. The Labute approximate surface area is 138 Å². The lowest BCUT2D eigenvalue weighted by atomic mass is 10.1. The molecule has 0 spiro atoms. The number of hydrogen-bond donors (Lipinski definition) is 3. The Morgan fingerprint density at radius 2 is 2.08 bits per heavy atom. The van der Waals surface area contributed by atoms with Crippen LogP contribution >= 0.6 is 0 Å². The number of anilines is 1. The third kappa shape index (κ3) is 3.45. The van der Waals surface area contributed by atoms with Gasteiger partial charge in [0.25, 0.3) is 0 Å². The number of fused-ring (bicyclic) bond motifs is 1. The van der Waals surface area contributed by atoms with E-state index in [4.69, 9.17) is 4.52 Å². The monoisotopic (exact) mass is 326 g/mol. The van der Waals surface area contributed by atoms with Gasteiger partial charge in [-0.15, -0.1) is 0 Å². The number of para-hydroxylation sites is 1. The lowest BCUT2D eigenvalue weighted by Gasteiger charge is -2.12. The summed E-state index contributed by atoms with van der Waals surface area (Å²) in [5, 5.41) is 9.81. The number of aryl methyl sites for hydroxylation is 1. The average molecular weight is 326 g/mol. The summed E-state index contributed by atoms with van der Waals surface area (Å²) in [6.45, 7) is 3.55. The molecule has 0 bridgehead atoms. The van der Waals surface area contributed by atoms with Gasteiger partial charge >= 0.3 is 11.8 Å². The van der Waals surface area contributed by atoms with E-state index in [9.17, 15) is 9.59 Å². The van der Waals surface area contributed by atoms with Crippen molar-refractivity contribution in [1.82, 2.24) is 15.5 Å². The maximum absolute atomic E-state index is 12.0. The second-order valence-corrected chi connectivity index (χ2v) is 5.72. The van der Waals surface area contributed by atoms with E-state index in [0.29, 0.717) is 12.2 Å². The molecule has 7 nitrogen and oxygen atoms in total. The Bertz CT molecular complexity index is 881. The van der Waals surface area contributed by atoms with Gasteiger partial charge in [-0.25, -0.2) is 0 Å². The summed E-state index contributed by atoms with van der Waals surface area (Å²) in [4.78, 5) is 27.0. The summed E-state index contributed by atoms with van der Waals surface area (Å²) >= 11 is 0. The Hall–Kier alpha value is -3.09.